The lowest BCUT2D eigenvalue weighted by molar-refractivity contribution is -0.121. The van der Waals surface area contributed by atoms with Crippen molar-refractivity contribution >= 4 is 5.91 Å². The van der Waals surface area contributed by atoms with E-state index in [4.69, 9.17) is 0 Å². The van der Waals surface area contributed by atoms with Crippen LogP contribution in [0.25, 0.3) is 0 Å². The predicted octanol–water partition coefficient (Wildman–Crippen LogP) is 2.14. The van der Waals surface area contributed by atoms with Gasteiger partial charge in [0.05, 0.1) is 0 Å². The molecule has 0 aliphatic carbocycles. The molecule has 2 rings (SSSR count). The molecule has 0 aromatic heterocycles. The smallest absolute Gasteiger partial charge is 0.220 e. The van der Waals surface area contributed by atoms with Gasteiger partial charge in [0.1, 0.15) is 0 Å². The van der Waals surface area contributed by atoms with Crippen LogP contribution in [0.4, 0.5) is 0 Å². The average Bonchev–Trinajstić information content (AvgIpc) is 3.04. The maximum Gasteiger partial charge on any atom is 0.220 e. The zero-order chi connectivity index (χ0) is 15.8. The van der Waals surface area contributed by atoms with Gasteiger partial charge in [-0.15, -0.1) is 0 Å². The van der Waals surface area contributed by atoms with Crippen molar-refractivity contribution in [1.29, 1.82) is 0 Å². The fourth-order valence-electron chi connectivity index (χ4n) is 2.85. The molecule has 1 amide bonds. The largest absolute Gasteiger partial charge is 0.352 e. The van der Waals surface area contributed by atoms with E-state index in [1.165, 1.54) is 17.5 Å². The molecule has 4 nitrogen and oxygen atoms in total. The predicted molar refractivity (Wildman–Crippen MR) is 90.5 cm³/mol. The summed E-state index contributed by atoms with van der Waals surface area (Å²) >= 11 is 0. The maximum absolute atomic E-state index is 11.9. The van der Waals surface area contributed by atoms with E-state index in [0.29, 0.717) is 18.9 Å². The van der Waals surface area contributed by atoms with Gasteiger partial charge in [-0.25, -0.2) is 0 Å². The van der Waals surface area contributed by atoms with Crippen molar-refractivity contribution in [3.8, 4) is 0 Å². The van der Waals surface area contributed by atoms with Crippen LogP contribution in [0, 0.1) is 5.92 Å². The van der Waals surface area contributed by atoms with Gasteiger partial charge in [0, 0.05) is 19.5 Å². The molecule has 1 atom stereocenters. The summed E-state index contributed by atoms with van der Waals surface area (Å²) in [5, 5.41) is 6.39. The lowest BCUT2D eigenvalue weighted by Crippen LogP contribution is -2.23. The van der Waals surface area contributed by atoms with Crippen LogP contribution >= 0.6 is 0 Å². The van der Waals surface area contributed by atoms with Gasteiger partial charge < -0.3 is 15.5 Å². The topological polar surface area (TPSA) is 44.4 Å². The Morgan fingerprint density at radius 3 is 2.95 bits per heavy atom. The van der Waals surface area contributed by atoms with E-state index in [1.807, 2.05) is 0 Å². The summed E-state index contributed by atoms with van der Waals surface area (Å²) in [4.78, 5) is 14.2. The minimum absolute atomic E-state index is 0.169. The Morgan fingerprint density at radius 1 is 1.41 bits per heavy atom. The summed E-state index contributed by atoms with van der Waals surface area (Å²) in [5.41, 5.74) is 2.48. The van der Waals surface area contributed by atoms with Crippen LogP contribution < -0.4 is 10.6 Å². The molecule has 122 valence electrons. The van der Waals surface area contributed by atoms with Crippen LogP contribution in [-0.4, -0.2) is 37.5 Å². The number of rotatable bonds is 8. The quantitative estimate of drug-likeness (QED) is 0.773. The third-order valence-electron chi connectivity index (χ3n) is 4.42. The number of benzene rings is 1. The number of carbonyl (C=O) groups excluding carboxylic acids is 1. The van der Waals surface area contributed by atoms with Crippen molar-refractivity contribution in [2.45, 2.75) is 39.3 Å². The second kappa shape index (κ2) is 8.91. The number of nitrogens with one attached hydrogen (secondary N) is 2. The number of amides is 1. The first-order valence-corrected chi connectivity index (χ1v) is 8.41. The number of hydrogen-bond acceptors (Lipinski definition) is 3. The third kappa shape index (κ3) is 5.78. The summed E-state index contributed by atoms with van der Waals surface area (Å²) in [6, 6.07) is 8.49. The number of carbonyl (C=O) groups is 1. The van der Waals surface area contributed by atoms with Gasteiger partial charge in [-0.05, 0) is 56.6 Å². The molecule has 1 aliphatic rings. The minimum Gasteiger partial charge on any atom is -0.352 e. The van der Waals surface area contributed by atoms with Crippen LogP contribution in [0.15, 0.2) is 24.3 Å². The first-order valence-electron chi connectivity index (χ1n) is 8.41. The molecule has 22 heavy (non-hydrogen) atoms. The molecule has 0 saturated carbocycles. The summed E-state index contributed by atoms with van der Waals surface area (Å²) in [5.74, 6) is 0.849. The van der Waals surface area contributed by atoms with Gasteiger partial charge in [0.15, 0.2) is 0 Å². The molecule has 1 heterocycles. The highest BCUT2D eigenvalue weighted by atomic mass is 16.1. The fourth-order valence-corrected chi connectivity index (χ4v) is 2.85. The van der Waals surface area contributed by atoms with E-state index < -0.39 is 0 Å². The van der Waals surface area contributed by atoms with Crippen LogP contribution in [0.1, 0.15) is 37.3 Å². The maximum atomic E-state index is 11.9. The highest BCUT2D eigenvalue weighted by Gasteiger charge is 2.15. The number of hydrogen-bond donors (Lipinski definition) is 2. The molecule has 1 fully saturated rings. The standard InChI is InChI=1S/C18H29N3O/c1-3-21(2)14-17-6-4-5-16(11-17)13-20-18(22)8-7-15-9-10-19-12-15/h4-6,11,15,19H,3,7-10,12-14H2,1-2H3,(H,20,22). The van der Waals surface area contributed by atoms with Crippen molar-refractivity contribution in [2.75, 3.05) is 26.7 Å². The summed E-state index contributed by atoms with van der Waals surface area (Å²) in [6.07, 6.45) is 2.85. The van der Waals surface area contributed by atoms with E-state index in [-0.39, 0.29) is 5.91 Å². The first kappa shape index (κ1) is 17.0. The van der Waals surface area contributed by atoms with E-state index in [2.05, 4.69) is 53.8 Å². The van der Waals surface area contributed by atoms with Crippen LogP contribution in [-0.2, 0) is 17.9 Å². The molecule has 1 aliphatic heterocycles. The van der Waals surface area contributed by atoms with E-state index in [0.717, 1.165) is 32.6 Å². The molecule has 0 bridgehead atoms. The van der Waals surface area contributed by atoms with E-state index in [1.54, 1.807) is 0 Å². The second-order valence-electron chi connectivity index (χ2n) is 6.32. The summed E-state index contributed by atoms with van der Waals surface area (Å²) in [7, 11) is 2.12. The zero-order valence-corrected chi connectivity index (χ0v) is 13.9. The van der Waals surface area contributed by atoms with Crippen LogP contribution in [0.3, 0.4) is 0 Å². The average molecular weight is 303 g/mol. The van der Waals surface area contributed by atoms with Crippen molar-refractivity contribution < 1.29 is 4.79 Å². The fraction of sp³-hybridized carbons (Fsp3) is 0.611. The normalized spacial score (nSPS) is 17.9. The van der Waals surface area contributed by atoms with E-state index in [9.17, 15) is 4.79 Å². The highest BCUT2D eigenvalue weighted by molar-refractivity contribution is 5.75. The molecule has 0 spiro atoms. The van der Waals surface area contributed by atoms with Crippen molar-refractivity contribution in [1.82, 2.24) is 15.5 Å². The molecule has 1 saturated heterocycles. The van der Waals surface area contributed by atoms with Gasteiger partial charge in [-0.1, -0.05) is 31.2 Å². The van der Waals surface area contributed by atoms with Gasteiger partial charge in [0.2, 0.25) is 5.91 Å². The Morgan fingerprint density at radius 2 is 2.23 bits per heavy atom. The number of nitrogens with zero attached hydrogens (tertiary/aromatic N) is 1. The first-order chi connectivity index (χ1) is 10.7. The van der Waals surface area contributed by atoms with Crippen molar-refractivity contribution in [2.24, 2.45) is 5.92 Å². The Bertz CT molecular complexity index is 469. The molecular weight excluding hydrogens is 274 g/mol. The minimum atomic E-state index is 0.169. The van der Waals surface area contributed by atoms with Gasteiger partial charge in [0.25, 0.3) is 0 Å². The molecule has 1 aromatic rings. The molecule has 0 radical (unpaired) electrons. The third-order valence-corrected chi connectivity index (χ3v) is 4.42. The lowest BCUT2D eigenvalue weighted by Gasteiger charge is -2.14. The van der Waals surface area contributed by atoms with Gasteiger partial charge >= 0.3 is 0 Å². The van der Waals surface area contributed by atoms with Gasteiger partial charge in [-0.3, -0.25) is 4.79 Å². The highest BCUT2D eigenvalue weighted by Crippen LogP contribution is 2.14. The summed E-state index contributed by atoms with van der Waals surface area (Å²) < 4.78 is 0. The van der Waals surface area contributed by atoms with Crippen molar-refractivity contribution in [3.05, 3.63) is 35.4 Å². The van der Waals surface area contributed by atoms with Gasteiger partial charge in [-0.2, -0.15) is 0 Å². The Kier molecular flexibility index (Phi) is 6.87. The SMILES string of the molecule is CCN(C)Cc1cccc(CNC(=O)CCC2CCNC2)c1. The van der Waals surface area contributed by atoms with Crippen LogP contribution in [0.5, 0.6) is 0 Å². The van der Waals surface area contributed by atoms with E-state index >= 15 is 0 Å². The molecule has 4 heteroatoms. The lowest BCUT2D eigenvalue weighted by atomic mass is 10.0. The Labute approximate surface area is 134 Å². The van der Waals surface area contributed by atoms with Crippen LogP contribution in [0.2, 0.25) is 0 Å². The van der Waals surface area contributed by atoms with Crippen molar-refractivity contribution in [3.63, 3.8) is 0 Å². The molecule has 1 aromatic carbocycles. The molecule has 1 unspecified atom stereocenters. The summed E-state index contributed by atoms with van der Waals surface area (Å²) in [6.45, 7) is 6.95. The molecular formula is C18H29N3O. The Balaban J connectivity index is 1.73. The Hall–Kier alpha value is -1.39. The second-order valence-corrected chi connectivity index (χ2v) is 6.32. The molecule has 2 N–H and O–H groups in total. The zero-order valence-electron chi connectivity index (χ0n) is 13.9. The monoisotopic (exact) mass is 303 g/mol.